The van der Waals surface area contributed by atoms with Crippen molar-refractivity contribution in [2.75, 3.05) is 0 Å². The van der Waals surface area contributed by atoms with Crippen LogP contribution in [0.2, 0.25) is 0 Å². The molecule has 0 amide bonds. The Morgan fingerprint density at radius 3 is 2.25 bits per heavy atom. The first kappa shape index (κ1) is 15.3. The number of phenols is 1. The molecule has 24 heavy (non-hydrogen) atoms. The third-order valence-electron chi connectivity index (χ3n) is 3.48. The number of hydrogen-bond acceptors (Lipinski definition) is 5. The number of nitro benzene ring substituents is 1. The van der Waals surface area contributed by atoms with Crippen molar-refractivity contribution in [2.24, 2.45) is 0 Å². The fraction of sp³-hybridized carbons (Fsp3) is 0. The molecule has 7 nitrogen and oxygen atoms in total. The molecule has 0 unspecified atom stereocenters. The number of aromatic hydroxyl groups is 1. The molecule has 0 fully saturated rings. The molecule has 0 aliphatic heterocycles. The topological polar surface area (TPSA) is 110 Å². The van der Waals surface area contributed by atoms with E-state index in [2.05, 4.69) is 0 Å². The van der Waals surface area contributed by atoms with Crippen LogP contribution in [0.3, 0.4) is 0 Å². The number of carboxylic acids is 1. The molecule has 7 heteroatoms. The summed E-state index contributed by atoms with van der Waals surface area (Å²) < 4.78 is 5.67. The number of rotatable bonds is 4. The minimum absolute atomic E-state index is 0.0729. The molecule has 3 aromatic carbocycles. The van der Waals surface area contributed by atoms with E-state index < -0.39 is 16.6 Å². The van der Waals surface area contributed by atoms with Gasteiger partial charge in [-0.3, -0.25) is 10.1 Å². The van der Waals surface area contributed by atoms with Gasteiger partial charge in [0.25, 0.3) is 5.69 Å². The maximum Gasteiger partial charge on any atom is 0.340 e. The standard InChI is InChI=1S/C17H11NO6/c19-14-9-15(24-11-7-5-10(6-8-11)18(22)23)12-3-1-2-4-13(12)16(14)17(20)21/h1-9,19H,(H,20,21). The molecule has 0 saturated carbocycles. The molecule has 0 spiro atoms. The largest absolute Gasteiger partial charge is 0.507 e. The molecule has 0 aromatic heterocycles. The molecule has 0 atom stereocenters. The zero-order valence-electron chi connectivity index (χ0n) is 12.2. The van der Waals surface area contributed by atoms with Gasteiger partial charge in [-0.1, -0.05) is 24.3 Å². The molecular formula is C17H11NO6. The van der Waals surface area contributed by atoms with E-state index in [1.807, 2.05) is 0 Å². The number of ether oxygens (including phenoxy) is 1. The lowest BCUT2D eigenvalue weighted by Gasteiger charge is -2.12. The number of carbonyl (C=O) groups is 1. The van der Waals surface area contributed by atoms with Crippen LogP contribution in [0, 0.1) is 10.1 Å². The summed E-state index contributed by atoms with van der Waals surface area (Å²) in [4.78, 5) is 21.5. The monoisotopic (exact) mass is 325 g/mol. The predicted molar refractivity (Wildman–Crippen MR) is 85.7 cm³/mol. The first-order valence-electron chi connectivity index (χ1n) is 6.87. The Hall–Kier alpha value is -3.61. The molecule has 0 heterocycles. The van der Waals surface area contributed by atoms with Crippen LogP contribution in [0.15, 0.2) is 54.6 Å². The molecule has 3 aromatic rings. The van der Waals surface area contributed by atoms with Crippen molar-refractivity contribution in [3.63, 3.8) is 0 Å². The maximum atomic E-state index is 11.3. The highest BCUT2D eigenvalue weighted by atomic mass is 16.6. The second-order valence-corrected chi connectivity index (χ2v) is 4.97. The summed E-state index contributed by atoms with van der Waals surface area (Å²) in [6.07, 6.45) is 0. The van der Waals surface area contributed by atoms with Crippen LogP contribution in [-0.4, -0.2) is 21.1 Å². The van der Waals surface area contributed by atoms with Gasteiger partial charge in [0.15, 0.2) is 0 Å². The van der Waals surface area contributed by atoms with Crippen LogP contribution in [-0.2, 0) is 0 Å². The van der Waals surface area contributed by atoms with Crippen molar-refractivity contribution < 1.29 is 24.7 Å². The molecule has 0 bridgehead atoms. The number of carboxylic acid groups (broad SMARTS) is 1. The van der Waals surface area contributed by atoms with Gasteiger partial charge in [0.2, 0.25) is 0 Å². The van der Waals surface area contributed by atoms with E-state index in [-0.39, 0.29) is 17.0 Å². The summed E-state index contributed by atoms with van der Waals surface area (Å²) in [5, 5.41) is 30.8. The van der Waals surface area contributed by atoms with E-state index in [1.165, 1.54) is 30.3 Å². The summed E-state index contributed by atoms with van der Waals surface area (Å²) >= 11 is 0. The zero-order valence-corrected chi connectivity index (χ0v) is 12.2. The number of non-ortho nitro benzene ring substituents is 1. The number of nitrogens with zero attached hydrogens (tertiary/aromatic N) is 1. The number of fused-ring (bicyclic) bond motifs is 1. The predicted octanol–water partition coefficient (Wildman–Crippen LogP) is 3.94. The Kier molecular flexibility index (Phi) is 3.75. The van der Waals surface area contributed by atoms with E-state index in [1.54, 1.807) is 24.3 Å². The van der Waals surface area contributed by atoms with Crippen molar-refractivity contribution in [3.05, 3.63) is 70.3 Å². The molecule has 0 saturated heterocycles. The van der Waals surface area contributed by atoms with Crippen LogP contribution in [0.5, 0.6) is 17.2 Å². The molecule has 120 valence electrons. The number of hydrogen-bond donors (Lipinski definition) is 2. The van der Waals surface area contributed by atoms with Crippen molar-refractivity contribution in [1.29, 1.82) is 0 Å². The Morgan fingerprint density at radius 2 is 1.67 bits per heavy atom. The van der Waals surface area contributed by atoms with E-state index in [4.69, 9.17) is 4.74 Å². The van der Waals surface area contributed by atoms with Gasteiger partial charge in [0.05, 0.1) is 4.92 Å². The van der Waals surface area contributed by atoms with E-state index in [9.17, 15) is 25.1 Å². The van der Waals surface area contributed by atoms with Crippen molar-refractivity contribution in [3.8, 4) is 17.2 Å². The average Bonchev–Trinajstić information content (AvgIpc) is 2.55. The molecular weight excluding hydrogens is 314 g/mol. The Morgan fingerprint density at radius 1 is 1.04 bits per heavy atom. The smallest absolute Gasteiger partial charge is 0.340 e. The normalized spacial score (nSPS) is 10.5. The lowest BCUT2D eigenvalue weighted by molar-refractivity contribution is -0.384. The van der Waals surface area contributed by atoms with Crippen LogP contribution in [0.1, 0.15) is 10.4 Å². The summed E-state index contributed by atoms with van der Waals surface area (Å²) in [6.45, 7) is 0. The molecule has 2 N–H and O–H groups in total. The number of benzene rings is 3. The summed E-state index contributed by atoms with van der Waals surface area (Å²) in [5.41, 5.74) is -0.280. The Labute approximate surface area is 135 Å². The maximum absolute atomic E-state index is 11.3. The molecule has 0 aliphatic carbocycles. The van der Waals surface area contributed by atoms with Crippen LogP contribution >= 0.6 is 0 Å². The van der Waals surface area contributed by atoms with Crippen molar-refractivity contribution >= 4 is 22.4 Å². The van der Waals surface area contributed by atoms with Gasteiger partial charge in [0.1, 0.15) is 22.8 Å². The van der Waals surface area contributed by atoms with Crippen LogP contribution < -0.4 is 4.74 Å². The van der Waals surface area contributed by atoms with Crippen molar-refractivity contribution in [2.45, 2.75) is 0 Å². The highest BCUT2D eigenvalue weighted by Crippen LogP contribution is 2.37. The molecule has 3 rings (SSSR count). The van der Waals surface area contributed by atoms with E-state index in [0.29, 0.717) is 16.5 Å². The summed E-state index contributed by atoms with van der Waals surface area (Å²) in [7, 11) is 0. The average molecular weight is 325 g/mol. The van der Waals surface area contributed by atoms with Gasteiger partial charge in [-0.2, -0.15) is 0 Å². The second kappa shape index (κ2) is 5.88. The van der Waals surface area contributed by atoms with Gasteiger partial charge in [0, 0.05) is 29.0 Å². The Balaban J connectivity index is 2.08. The summed E-state index contributed by atoms with van der Waals surface area (Å²) in [5.74, 6) is -1.08. The van der Waals surface area contributed by atoms with E-state index in [0.717, 1.165) is 0 Å². The van der Waals surface area contributed by atoms with Gasteiger partial charge < -0.3 is 14.9 Å². The molecule has 0 aliphatic rings. The van der Waals surface area contributed by atoms with Gasteiger partial charge in [-0.25, -0.2) is 4.79 Å². The SMILES string of the molecule is O=C(O)c1c(O)cc(Oc2ccc([N+](=O)[O-])cc2)c2ccccc12. The first-order valence-corrected chi connectivity index (χ1v) is 6.87. The third kappa shape index (κ3) is 2.70. The fourth-order valence-electron chi connectivity index (χ4n) is 2.40. The summed E-state index contributed by atoms with van der Waals surface area (Å²) in [6, 6.07) is 13.3. The minimum Gasteiger partial charge on any atom is -0.507 e. The highest BCUT2D eigenvalue weighted by Gasteiger charge is 2.18. The van der Waals surface area contributed by atoms with Gasteiger partial charge in [-0.15, -0.1) is 0 Å². The quantitative estimate of drug-likeness (QED) is 0.555. The van der Waals surface area contributed by atoms with Crippen molar-refractivity contribution in [1.82, 2.24) is 0 Å². The second-order valence-electron chi connectivity index (χ2n) is 4.97. The lowest BCUT2D eigenvalue weighted by atomic mass is 10.0. The Bertz CT molecular complexity index is 949. The first-order chi connectivity index (χ1) is 11.5. The molecule has 0 radical (unpaired) electrons. The lowest BCUT2D eigenvalue weighted by Crippen LogP contribution is -1.99. The van der Waals surface area contributed by atoms with E-state index >= 15 is 0 Å². The van der Waals surface area contributed by atoms with Gasteiger partial charge in [-0.05, 0) is 12.1 Å². The highest BCUT2D eigenvalue weighted by molar-refractivity contribution is 6.08. The van der Waals surface area contributed by atoms with Crippen LogP contribution in [0.25, 0.3) is 10.8 Å². The van der Waals surface area contributed by atoms with Crippen LogP contribution in [0.4, 0.5) is 5.69 Å². The zero-order chi connectivity index (χ0) is 17.3. The number of nitro groups is 1. The van der Waals surface area contributed by atoms with Gasteiger partial charge >= 0.3 is 5.97 Å². The number of aromatic carboxylic acids is 1. The fourth-order valence-corrected chi connectivity index (χ4v) is 2.40. The minimum atomic E-state index is -1.24. The third-order valence-corrected chi connectivity index (χ3v) is 3.48.